The average Bonchev–Trinajstić information content (AvgIpc) is 2.69. The highest BCUT2D eigenvalue weighted by Crippen LogP contribution is 2.23. The van der Waals surface area contributed by atoms with Crippen LogP contribution in [0.3, 0.4) is 0 Å². The first kappa shape index (κ1) is 21.2. The molecular weight excluding hydrogens is 410 g/mol. The Bertz CT molecular complexity index is 1050. The molecule has 154 valence electrons. The van der Waals surface area contributed by atoms with E-state index in [4.69, 9.17) is 5.73 Å². The Morgan fingerprint density at radius 2 is 1.93 bits per heavy atom. The van der Waals surface area contributed by atoms with E-state index in [9.17, 15) is 18.0 Å². The van der Waals surface area contributed by atoms with E-state index in [1.54, 1.807) is 49.0 Å². The van der Waals surface area contributed by atoms with Gasteiger partial charge in [-0.15, -0.1) is 0 Å². The maximum absolute atomic E-state index is 12.9. The molecule has 1 aliphatic heterocycles. The van der Waals surface area contributed by atoms with Crippen LogP contribution in [0.15, 0.2) is 47.4 Å². The molecule has 1 atom stereocenters. The number of rotatable bonds is 5. The van der Waals surface area contributed by atoms with Crippen molar-refractivity contribution in [2.24, 2.45) is 5.73 Å². The molecule has 0 aliphatic carbocycles. The summed E-state index contributed by atoms with van der Waals surface area (Å²) in [5.74, 6) is 0.285. The quantitative estimate of drug-likeness (QED) is 0.751. The van der Waals surface area contributed by atoms with Crippen LogP contribution in [0.2, 0.25) is 0 Å². The van der Waals surface area contributed by atoms with Gasteiger partial charge in [0.15, 0.2) is 0 Å². The molecule has 9 heteroatoms. The lowest BCUT2D eigenvalue weighted by Gasteiger charge is -2.33. The Labute approximate surface area is 174 Å². The molecule has 0 saturated carbocycles. The Balaban J connectivity index is 1.87. The molecule has 0 spiro atoms. The van der Waals surface area contributed by atoms with Crippen molar-refractivity contribution in [2.75, 3.05) is 22.8 Å². The number of nitrogens with two attached hydrogens (primary N) is 1. The minimum Gasteiger partial charge on any atom is -0.368 e. The van der Waals surface area contributed by atoms with Gasteiger partial charge in [-0.3, -0.25) is 14.3 Å². The van der Waals surface area contributed by atoms with Crippen molar-refractivity contribution in [3.8, 4) is 0 Å². The van der Waals surface area contributed by atoms with Gasteiger partial charge in [0.1, 0.15) is 6.04 Å². The first-order valence-electron chi connectivity index (χ1n) is 9.07. The summed E-state index contributed by atoms with van der Waals surface area (Å²) in [5.41, 5.74) is 7.48. The number of hydrogen-bond acceptors (Lipinski definition) is 5. The smallest absolute Gasteiger partial charge is 0.262 e. The van der Waals surface area contributed by atoms with E-state index in [2.05, 4.69) is 4.72 Å². The number of thioether (sulfide) groups is 1. The van der Waals surface area contributed by atoms with Crippen LogP contribution in [-0.4, -0.2) is 49.2 Å². The summed E-state index contributed by atoms with van der Waals surface area (Å²) in [6, 6.07) is 10.8. The lowest BCUT2D eigenvalue weighted by atomic mass is 10.1. The number of nitrogens with zero attached hydrogens (tertiary/aromatic N) is 1. The van der Waals surface area contributed by atoms with Crippen molar-refractivity contribution in [1.82, 2.24) is 4.90 Å². The van der Waals surface area contributed by atoms with E-state index in [0.29, 0.717) is 29.2 Å². The van der Waals surface area contributed by atoms with Crippen molar-refractivity contribution in [2.45, 2.75) is 24.8 Å². The third-order valence-electron chi connectivity index (χ3n) is 4.71. The summed E-state index contributed by atoms with van der Waals surface area (Å²) in [7, 11) is -3.81. The minimum absolute atomic E-state index is 0.191. The molecule has 1 unspecified atom stereocenters. The Kier molecular flexibility index (Phi) is 6.18. The van der Waals surface area contributed by atoms with Gasteiger partial charge in [-0.25, -0.2) is 8.42 Å². The second-order valence-electron chi connectivity index (χ2n) is 6.95. The second-order valence-corrected chi connectivity index (χ2v) is 9.75. The maximum Gasteiger partial charge on any atom is 0.262 e. The molecule has 29 heavy (non-hydrogen) atoms. The maximum atomic E-state index is 12.9. The number of anilines is 1. The van der Waals surface area contributed by atoms with Crippen LogP contribution in [0.4, 0.5) is 5.69 Å². The molecule has 3 rings (SSSR count). The van der Waals surface area contributed by atoms with E-state index in [1.165, 1.54) is 11.0 Å². The second kappa shape index (κ2) is 8.46. The Morgan fingerprint density at radius 3 is 2.66 bits per heavy atom. The summed E-state index contributed by atoms with van der Waals surface area (Å²) in [5, 5.41) is 0. The van der Waals surface area contributed by atoms with Crippen molar-refractivity contribution in [3.05, 3.63) is 59.2 Å². The van der Waals surface area contributed by atoms with Crippen LogP contribution < -0.4 is 10.5 Å². The zero-order chi connectivity index (χ0) is 21.2. The number of aryl methyl sites for hydroxylation is 2. The van der Waals surface area contributed by atoms with Crippen molar-refractivity contribution in [3.63, 3.8) is 0 Å². The molecule has 0 bridgehead atoms. The van der Waals surface area contributed by atoms with Gasteiger partial charge in [0.05, 0.1) is 4.90 Å². The molecule has 3 N–H and O–H groups in total. The summed E-state index contributed by atoms with van der Waals surface area (Å²) in [4.78, 5) is 26.3. The molecule has 1 heterocycles. The zero-order valence-corrected chi connectivity index (χ0v) is 17.8. The highest BCUT2D eigenvalue weighted by atomic mass is 32.2. The number of carbonyl (C=O) groups is 2. The van der Waals surface area contributed by atoms with Crippen LogP contribution in [0.25, 0.3) is 0 Å². The van der Waals surface area contributed by atoms with Crippen molar-refractivity contribution in [1.29, 1.82) is 0 Å². The molecule has 0 aromatic heterocycles. The fraction of sp³-hybridized carbons (Fsp3) is 0.300. The fourth-order valence-electron chi connectivity index (χ4n) is 3.17. The Morgan fingerprint density at radius 1 is 1.17 bits per heavy atom. The van der Waals surface area contributed by atoms with Gasteiger partial charge in [0.25, 0.3) is 15.9 Å². The fourth-order valence-corrected chi connectivity index (χ4v) is 5.61. The molecule has 2 amide bonds. The molecule has 1 fully saturated rings. The molecule has 0 radical (unpaired) electrons. The molecule has 1 saturated heterocycles. The standard InChI is InChI=1S/C20H23N3O4S2/c1-13-6-7-14(2)18(10-13)29(26,27)22-16-5-3-4-15(11-16)20(25)23-8-9-28-12-17(23)19(21)24/h3-7,10-11,17,22H,8-9,12H2,1-2H3,(H2,21,24). The number of hydrogen-bond donors (Lipinski definition) is 2. The lowest BCUT2D eigenvalue weighted by molar-refractivity contribution is -0.121. The summed E-state index contributed by atoms with van der Waals surface area (Å²) >= 11 is 1.57. The van der Waals surface area contributed by atoms with E-state index >= 15 is 0 Å². The molecule has 7 nitrogen and oxygen atoms in total. The molecular formula is C20H23N3O4S2. The molecule has 2 aromatic rings. The van der Waals surface area contributed by atoms with E-state index < -0.39 is 22.0 Å². The number of primary amides is 1. The highest BCUT2D eigenvalue weighted by molar-refractivity contribution is 7.99. The van der Waals surface area contributed by atoms with Crippen molar-refractivity contribution >= 4 is 39.3 Å². The van der Waals surface area contributed by atoms with Gasteiger partial charge in [0.2, 0.25) is 5.91 Å². The first-order chi connectivity index (χ1) is 13.7. The summed E-state index contributed by atoms with van der Waals surface area (Å²) < 4.78 is 28.2. The number of nitrogens with one attached hydrogen (secondary N) is 1. The average molecular weight is 434 g/mol. The van der Waals surface area contributed by atoms with E-state index in [-0.39, 0.29) is 16.5 Å². The summed E-state index contributed by atoms with van der Waals surface area (Å²) in [6.45, 7) is 3.96. The predicted molar refractivity (Wildman–Crippen MR) is 115 cm³/mol. The number of amides is 2. The van der Waals surface area contributed by atoms with Crippen molar-refractivity contribution < 1.29 is 18.0 Å². The van der Waals surface area contributed by atoms with Gasteiger partial charge in [-0.1, -0.05) is 18.2 Å². The monoisotopic (exact) mass is 433 g/mol. The van der Waals surface area contributed by atoms with Gasteiger partial charge in [-0.2, -0.15) is 11.8 Å². The van der Waals surface area contributed by atoms with Gasteiger partial charge < -0.3 is 10.6 Å². The normalized spacial score (nSPS) is 17.0. The summed E-state index contributed by atoms with van der Waals surface area (Å²) in [6.07, 6.45) is 0. The number of carbonyl (C=O) groups excluding carboxylic acids is 2. The third-order valence-corrected chi connectivity index (χ3v) is 7.26. The minimum atomic E-state index is -3.81. The number of benzene rings is 2. The molecule has 1 aliphatic rings. The van der Waals surface area contributed by atoms with Gasteiger partial charge in [-0.05, 0) is 49.2 Å². The SMILES string of the molecule is Cc1ccc(C)c(S(=O)(=O)Nc2cccc(C(=O)N3CCSCC3C(N)=O)c2)c1. The van der Waals surface area contributed by atoms with Crippen LogP contribution in [0.1, 0.15) is 21.5 Å². The van der Waals surface area contributed by atoms with Gasteiger partial charge in [0, 0.05) is 29.3 Å². The lowest BCUT2D eigenvalue weighted by Crippen LogP contribution is -2.52. The molecule has 2 aromatic carbocycles. The van der Waals surface area contributed by atoms with Crippen LogP contribution in [0.5, 0.6) is 0 Å². The third kappa shape index (κ3) is 4.73. The van der Waals surface area contributed by atoms with Crippen LogP contribution >= 0.6 is 11.8 Å². The van der Waals surface area contributed by atoms with Gasteiger partial charge >= 0.3 is 0 Å². The van der Waals surface area contributed by atoms with E-state index in [1.807, 2.05) is 13.0 Å². The highest BCUT2D eigenvalue weighted by Gasteiger charge is 2.31. The van der Waals surface area contributed by atoms with Crippen LogP contribution in [0, 0.1) is 13.8 Å². The zero-order valence-electron chi connectivity index (χ0n) is 16.2. The van der Waals surface area contributed by atoms with E-state index in [0.717, 1.165) is 5.56 Å². The number of sulfonamides is 1. The largest absolute Gasteiger partial charge is 0.368 e. The topological polar surface area (TPSA) is 110 Å². The predicted octanol–water partition coefficient (Wildman–Crippen LogP) is 2.15. The van der Waals surface area contributed by atoms with Crippen LogP contribution in [-0.2, 0) is 14.8 Å². The first-order valence-corrected chi connectivity index (χ1v) is 11.7. The Hall–Kier alpha value is -2.52.